The molecule has 0 bridgehead atoms. The average Bonchev–Trinajstić information content (AvgIpc) is 2.89. The number of pyridine rings is 1. The van der Waals surface area contributed by atoms with Crippen LogP contribution in [-0.4, -0.2) is 23.0 Å². The van der Waals surface area contributed by atoms with Crippen molar-refractivity contribution in [2.75, 3.05) is 7.11 Å². The Balaban J connectivity index is 1.63. The molecule has 0 saturated heterocycles. The van der Waals surface area contributed by atoms with E-state index in [0.717, 1.165) is 16.7 Å². The number of benzene rings is 3. The fourth-order valence-electron chi connectivity index (χ4n) is 3.73. The van der Waals surface area contributed by atoms with Crippen LogP contribution < -0.4 is 10.3 Å². The highest BCUT2D eigenvalue weighted by Gasteiger charge is 2.16. The lowest BCUT2D eigenvalue weighted by Crippen LogP contribution is -2.25. The molecule has 1 N–H and O–H groups in total. The van der Waals surface area contributed by atoms with E-state index in [1.807, 2.05) is 55.5 Å². The van der Waals surface area contributed by atoms with E-state index in [9.17, 15) is 14.3 Å². The molecule has 4 aromatic rings. The Labute approximate surface area is 208 Å². The predicted molar refractivity (Wildman–Crippen MR) is 137 cm³/mol. The third-order valence-electron chi connectivity index (χ3n) is 5.80. The SMILES string of the molecule is COc1ccc(Cn2cc(/C=N/OCc3ccc(C)cc3)c(O)c(Cc3ccc(F)cc3)c2=O)cc1. The van der Waals surface area contributed by atoms with Crippen LogP contribution in [0.25, 0.3) is 0 Å². The van der Waals surface area contributed by atoms with Crippen LogP contribution in [0.5, 0.6) is 11.5 Å². The Hall–Kier alpha value is -4.39. The predicted octanol–water partition coefficient (Wildman–Crippen LogP) is 5.20. The van der Waals surface area contributed by atoms with Gasteiger partial charge in [-0.25, -0.2) is 4.39 Å². The summed E-state index contributed by atoms with van der Waals surface area (Å²) >= 11 is 0. The van der Waals surface area contributed by atoms with E-state index >= 15 is 0 Å². The van der Waals surface area contributed by atoms with Crippen molar-refractivity contribution >= 4 is 6.21 Å². The van der Waals surface area contributed by atoms with Crippen molar-refractivity contribution in [1.82, 2.24) is 4.57 Å². The fourth-order valence-corrected chi connectivity index (χ4v) is 3.73. The number of nitrogens with zero attached hydrogens (tertiary/aromatic N) is 2. The van der Waals surface area contributed by atoms with Crippen LogP contribution in [0.15, 0.2) is 88.9 Å². The number of hydrogen-bond donors (Lipinski definition) is 1. The van der Waals surface area contributed by atoms with E-state index in [-0.39, 0.29) is 42.3 Å². The van der Waals surface area contributed by atoms with Crippen molar-refractivity contribution in [3.63, 3.8) is 0 Å². The van der Waals surface area contributed by atoms with Gasteiger partial charge in [0, 0.05) is 12.6 Å². The molecule has 0 amide bonds. The maximum Gasteiger partial charge on any atom is 0.258 e. The molecule has 4 rings (SSSR count). The Bertz CT molecular complexity index is 1390. The van der Waals surface area contributed by atoms with Gasteiger partial charge in [0.2, 0.25) is 0 Å². The Kier molecular flexibility index (Phi) is 7.80. The molecule has 6 nitrogen and oxygen atoms in total. The van der Waals surface area contributed by atoms with Crippen molar-refractivity contribution in [1.29, 1.82) is 0 Å². The van der Waals surface area contributed by atoms with E-state index in [4.69, 9.17) is 9.57 Å². The minimum Gasteiger partial charge on any atom is -0.507 e. The second-order valence-corrected chi connectivity index (χ2v) is 8.49. The monoisotopic (exact) mass is 486 g/mol. The van der Waals surface area contributed by atoms with Crippen LogP contribution in [0.2, 0.25) is 0 Å². The second kappa shape index (κ2) is 11.4. The van der Waals surface area contributed by atoms with E-state index in [2.05, 4.69) is 5.16 Å². The first-order valence-corrected chi connectivity index (χ1v) is 11.5. The van der Waals surface area contributed by atoms with Crippen molar-refractivity contribution in [2.45, 2.75) is 26.5 Å². The molecule has 1 heterocycles. The van der Waals surface area contributed by atoms with Crippen LogP contribution in [0.3, 0.4) is 0 Å². The largest absolute Gasteiger partial charge is 0.507 e. The maximum absolute atomic E-state index is 13.4. The van der Waals surface area contributed by atoms with Gasteiger partial charge in [-0.15, -0.1) is 0 Å². The first-order chi connectivity index (χ1) is 17.4. The summed E-state index contributed by atoms with van der Waals surface area (Å²) in [7, 11) is 1.59. The first-order valence-electron chi connectivity index (χ1n) is 11.5. The van der Waals surface area contributed by atoms with E-state index in [1.54, 1.807) is 25.4 Å². The van der Waals surface area contributed by atoms with Gasteiger partial charge in [0.15, 0.2) is 0 Å². The quantitative estimate of drug-likeness (QED) is 0.261. The normalized spacial score (nSPS) is 11.1. The van der Waals surface area contributed by atoms with E-state index < -0.39 is 0 Å². The minimum atomic E-state index is -0.369. The topological polar surface area (TPSA) is 73.1 Å². The maximum atomic E-state index is 13.4. The van der Waals surface area contributed by atoms with Gasteiger partial charge in [0.25, 0.3) is 5.56 Å². The molecule has 0 spiro atoms. The smallest absolute Gasteiger partial charge is 0.258 e. The molecule has 7 heteroatoms. The zero-order chi connectivity index (χ0) is 25.5. The van der Waals surface area contributed by atoms with Gasteiger partial charge >= 0.3 is 0 Å². The van der Waals surface area contributed by atoms with Crippen molar-refractivity contribution in [3.8, 4) is 11.5 Å². The molecule has 36 heavy (non-hydrogen) atoms. The highest BCUT2D eigenvalue weighted by Crippen LogP contribution is 2.22. The number of methoxy groups -OCH3 is 1. The molecule has 1 aromatic heterocycles. The number of aromatic hydroxyl groups is 1. The van der Waals surface area contributed by atoms with Gasteiger partial charge < -0.3 is 19.2 Å². The summed E-state index contributed by atoms with van der Waals surface area (Å²) in [6, 6.07) is 21.1. The van der Waals surface area contributed by atoms with Crippen LogP contribution in [0, 0.1) is 12.7 Å². The number of oxime groups is 1. The number of aryl methyl sites for hydroxylation is 1. The molecule has 3 aromatic carbocycles. The number of rotatable bonds is 9. The molecule has 0 aliphatic carbocycles. The molecule has 0 saturated carbocycles. The molecule has 0 aliphatic heterocycles. The highest BCUT2D eigenvalue weighted by atomic mass is 19.1. The minimum absolute atomic E-state index is 0.138. The summed E-state index contributed by atoms with van der Waals surface area (Å²) in [6.07, 6.45) is 3.08. The summed E-state index contributed by atoms with van der Waals surface area (Å²) in [4.78, 5) is 18.7. The van der Waals surface area contributed by atoms with Gasteiger partial charge in [0.05, 0.1) is 31.0 Å². The van der Waals surface area contributed by atoms with Crippen molar-refractivity contribution < 1.29 is 19.1 Å². The second-order valence-electron chi connectivity index (χ2n) is 8.49. The molecular formula is C29H27FN2O4. The number of aromatic nitrogens is 1. The van der Waals surface area contributed by atoms with Crippen LogP contribution >= 0.6 is 0 Å². The summed E-state index contributed by atoms with van der Waals surface area (Å²) in [5.41, 5.74) is 3.88. The molecule has 0 atom stereocenters. The van der Waals surface area contributed by atoms with Gasteiger partial charge in [-0.2, -0.15) is 0 Å². The van der Waals surface area contributed by atoms with Crippen molar-refractivity contribution in [3.05, 3.63) is 129 Å². The number of halogens is 1. The van der Waals surface area contributed by atoms with Crippen LogP contribution in [-0.2, 0) is 24.4 Å². The van der Waals surface area contributed by atoms with E-state index in [1.165, 1.54) is 22.9 Å². The lowest BCUT2D eigenvalue weighted by molar-refractivity contribution is 0.132. The summed E-state index contributed by atoms with van der Waals surface area (Å²) in [5.74, 6) is 0.164. The summed E-state index contributed by atoms with van der Waals surface area (Å²) in [5, 5.41) is 15.0. The summed E-state index contributed by atoms with van der Waals surface area (Å²) in [6.45, 7) is 2.56. The molecule has 0 fully saturated rings. The molecule has 0 unspecified atom stereocenters. The molecule has 184 valence electrons. The van der Waals surface area contributed by atoms with Crippen LogP contribution in [0.1, 0.15) is 33.4 Å². The Morgan fingerprint density at radius 1 is 0.944 bits per heavy atom. The molecule has 0 aliphatic rings. The number of ether oxygens (including phenoxy) is 1. The van der Waals surface area contributed by atoms with Crippen molar-refractivity contribution in [2.24, 2.45) is 5.16 Å². The highest BCUT2D eigenvalue weighted by molar-refractivity contribution is 5.83. The van der Waals surface area contributed by atoms with E-state index in [0.29, 0.717) is 16.9 Å². The Morgan fingerprint density at radius 2 is 1.58 bits per heavy atom. The fraction of sp³-hybridized carbons (Fsp3) is 0.172. The molecule has 0 radical (unpaired) electrons. The Morgan fingerprint density at radius 3 is 2.25 bits per heavy atom. The van der Waals surface area contributed by atoms with Gasteiger partial charge in [-0.3, -0.25) is 4.79 Å². The lowest BCUT2D eigenvalue weighted by atomic mass is 10.0. The molecular weight excluding hydrogens is 459 g/mol. The standard InChI is InChI=1S/C29H27FN2O4/c1-20-3-5-23(6-4-20)19-36-31-16-24-18-32(17-22-9-13-26(35-2)14-10-22)29(34)27(28(24)33)15-21-7-11-25(30)12-8-21/h3-14,16,18,33H,15,17,19H2,1-2H3/b31-16+. The summed E-state index contributed by atoms with van der Waals surface area (Å²) < 4.78 is 20.1. The van der Waals surface area contributed by atoms with Crippen LogP contribution in [0.4, 0.5) is 4.39 Å². The number of hydrogen-bond acceptors (Lipinski definition) is 5. The average molecular weight is 487 g/mol. The van der Waals surface area contributed by atoms with Gasteiger partial charge in [-0.1, -0.05) is 59.3 Å². The zero-order valence-corrected chi connectivity index (χ0v) is 20.1. The lowest BCUT2D eigenvalue weighted by Gasteiger charge is -2.13. The van der Waals surface area contributed by atoms with Gasteiger partial charge in [-0.05, 0) is 47.9 Å². The third-order valence-corrected chi connectivity index (χ3v) is 5.80. The first kappa shape index (κ1) is 24.7. The zero-order valence-electron chi connectivity index (χ0n) is 20.1. The third kappa shape index (κ3) is 6.18. The van der Waals surface area contributed by atoms with Gasteiger partial charge in [0.1, 0.15) is 23.9 Å².